The minimum atomic E-state index is -1.36. The Bertz CT molecular complexity index is 655. The molecule has 1 heterocycles. The fraction of sp³-hybridized carbons (Fsp3) is 0. The number of carbonyl (C=O) groups excluding carboxylic acids is 1. The molecule has 0 aliphatic heterocycles. The molecule has 5 heteroatoms. The average Bonchev–Trinajstić information content (AvgIpc) is 2.38. The third-order valence-corrected chi connectivity index (χ3v) is 2.32. The number of hydrogen-bond acceptors (Lipinski definition) is 4. The van der Waals surface area contributed by atoms with Gasteiger partial charge in [0.2, 0.25) is 5.76 Å². The molecule has 5 nitrogen and oxygen atoms in total. The Balaban J connectivity index is 2.44. The second kappa shape index (κ2) is 4.67. The van der Waals surface area contributed by atoms with Crippen molar-refractivity contribution in [3.8, 4) is 0 Å². The third-order valence-electron chi connectivity index (χ3n) is 2.32. The number of aromatic carboxylic acids is 1. The molecule has 0 atom stereocenters. The molecule has 1 N–H and O–H groups in total. The number of ketones is 1. The first-order valence-corrected chi connectivity index (χ1v) is 5.05. The van der Waals surface area contributed by atoms with Crippen molar-refractivity contribution in [3.05, 3.63) is 69.8 Å². The van der Waals surface area contributed by atoms with Crippen molar-refractivity contribution in [1.82, 2.24) is 0 Å². The van der Waals surface area contributed by atoms with Gasteiger partial charge in [-0.05, 0) is 0 Å². The van der Waals surface area contributed by atoms with Crippen LogP contribution in [0.1, 0.15) is 26.5 Å². The highest BCUT2D eigenvalue weighted by Gasteiger charge is 2.16. The van der Waals surface area contributed by atoms with Crippen LogP contribution in [0.4, 0.5) is 0 Å². The summed E-state index contributed by atoms with van der Waals surface area (Å²) in [7, 11) is 0. The van der Waals surface area contributed by atoms with Crippen LogP contribution in [0, 0.1) is 0 Å². The zero-order chi connectivity index (χ0) is 13.1. The van der Waals surface area contributed by atoms with Gasteiger partial charge in [0.15, 0.2) is 11.2 Å². The number of rotatable bonds is 3. The summed E-state index contributed by atoms with van der Waals surface area (Å²) in [6.07, 6.45) is 0.876. The van der Waals surface area contributed by atoms with Crippen LogP contribution in [0.2, 0.25) is 0 Å². The van der Waals surface area contributed by atoms with Gasteiger partial charge in [-0.1, -0.05) is 30.3 Å². The molecular weight excluding hydrogens is 236 g/mol. The van der Waals surface area contributed by atoms with E-state index in [1.165, 1.54) is 0 Å². The molecule has 0 radical (unpaired) electrons. The number of carboxylic acids is 1. The normalized spacial score (nSPS) is 10.0. The Morgan fingerprint density at radius 2 is 1.78 bits per heavy atom. The van der Waals surface area contributed by atoms with Crippen LogP contribution in [-0.2, 0) is 0 Å². The first-order valence-electron chi connectivity index (χ1n) is 5.05. The monoisotopic (exact) mass is 244 g/mol. The second-order valence-corrected chi connectivity index (χ2v) is 3.52. The molecule has 0 saturated heterocycles. The smallest absolute Gasteiger partial charge is 0.371 e. The Morgan fingerprint density at radius 3 is 2.33 bits per heavy atom. The molecule has 0 aliphatic rings. The van der Waals surface area contributed by atoms with Crippen LogP contribution in [0.5, 0.6) is 0 Å². The summed E-state index contributed by atoms with van der Waals surface area (Å²) in [6, 6.07) is 8.99. The molecule has 2 rings (SSSR count). The first-order chi connectivity index (χ1) is 8.59. The van der Waals surface area contributed by atoms with Crippen LogP contribution in [0.3, 0.4) is 0 Å². The van der Waals surface area contributed by atoms with Gasteiger partial charge >= 0.3 is 5.97 Å². The largest absolute Gasteiger partial charge is 0.475 e. The average molecular weight is 244 g/mol. The summed E-state index contributed by atoms with van der Waals surface area (Å²) in [6.45, 7) is 0. The van der Waals surface area contributed by atoms with Crippen molar-refractivity contribution in [3.63, 3.8) is 0 Å². The van der Waals surface area contributed by atoms with Gasteiger partial charge in [-0.3, -0.25) is 9.59 Å². The Kier molecular flexibility index (Phi) is 3.05. The van der Waals surface area contributed by atoms with Crippen molar-refractivity contribution >= 4 is 11.8 Å². The summed E-state index contributed by atoms with van der Waals surface area (Å²) in [5.41, 5.74) is -0.522. The number of benzene rings is 1. The summed E-state index contributed by atoms with van der Waals surface area (Å²) in [5.74, 6) is -2.35. The van der Waals surface area contributed by atoms with Crippen LogP contribution < -0.4 is 5.43 Å². The van der Waals surface area contributed by atoms with E-state index in [-0.39, 0.29) is 5.56 Å². The van der Waals surface area contributed by atoms with Gasteiger partial charge in [-0.25, -0.2) is 4.79 Å². The predicted octanol–water partition coefficient (Wildman–Crippen LogP) is 1.57. The topological polar surface area (TPSA) is 84.6 Å². The molecule has 0 spiro atoms. The molecule has 2 aromatic rings. The molecule has 0 saturated carbocycles. The molecule has 90 valence electrons. The van der Waals surface area contributed by atoms with Gasteiger partial charge in [-0.15, -0.1) is 0 Å². The summed E-state index contributed by atoms with van der Waals surface area (Å²) in [5, 5.41) is 8.64. The van der Waals surface area contributed by atoms with E-state index >= 15 is 0 Å². The van der Waals surface area contributed by atoms with Crippen molar-refractivity contribution in [2.75, 3.05) is 0 Å². The summed E-state index contributed by atoms with van der Waals surface area (Å²) < 4.78 is 4.72. The van der Waals surface area contributed by atoms with Gasteiger partial charge in [-0.2, -0.15) is 0 Å². The molecule has 0 bridgehead atoms. The van der Waals surface area contributed by atoms with E-state index in [9.17, 15) is 14.4 Å². The van der Waals surface area contributed by atoms with E-state index in [1.54, 1.807) is 30.3 Å². The highest BCUT2D eigenvalue weighted by molar-refractivity contribution is 6.08. The van der Waals surface area contributed by atoms with E-state index in [0.29, 0.717) is 5.56 Å². The lowest BCUT2D eigenvalue weighted by Gasteiger charge is -2.00. The lowest BCUT2D eigenvalue weighted by molar-refractivity contribution is 0.0658. The van der Waals surface area contributed by atoms with Gasteiger partial charge in [0.1, 0.15) is 11.8 Å². The van der Waals surface area contributed by atoms with E-state index < -0.39 is 22.9 Å². The Labute approximate surface area is 101 Å². The second-order valence-electron chi connectivity index (χ2n) is 3.52. The van der Waals surface area contributed by atoms with E-state index in [2.05, 4.69) is 0 Å². The molecule has 0 aliphatic carbocycles. The quantitative estimate of drug-likeness (QED) is 0.828. The molecular formula is C13H8O5. The van der Waals surface area contributed by atoms with E-state index in [0.717, 1.165) is 12.3 Å². The van der Waals surface area contributed by atoms with E-state index in [4.69, 9.17) is 9.52 Å². The lowest BCUT2D eigenvalue weighted by Crippen LogP contribution is -2.16. The Hall–Kier alpha value is -2.69. The Morgan fingerprint density at radius 1 is 1.11 bits per heavy atom. The van der Waals surface area contributed by atoms with Crippen LogP contribution in [-0.4, -0.2) is 16.9 Å². The minimum absolute atomic E-state index is 0.189. The van der Waals surface area contributed by atoms with Crippen molar-refractivity contribution in [2.24, 2.45) is 0 Å². The van der Waals surface area contributed by atoms with Gasteiger partial charge in [0, 0.05) is 11.6 Å². The molecule has 0 unspecified atom stereocenters. The number of carbonyl (C=O) groups is 2. The standard InChI is InChI=1S/C13H8O5/c14-10-6-11(13(16)17)18-7-9(10)12(15)8-4-2-1-3-5-8/h1-7H,(H,16,17). The lowest BCUT2D eigenvalue weighted by atomic mass is 10.1. The number of hydrogen-bond donors (Lipinski definition) is 1. The molecule has 0 amide bonds. The number of carboxylic acid groups (broad SMARTS) is 1. The summed E-state index contributed by atoms with van der Waals surface area (Å²) >= 11 is 0. The van der Waals surface area contributed by atoms with Crippen molar-refractivity contribution in [1.29, 1.82) is 0 Å². The third kappa shape index (κ3) is 2.20. The van der Waals surface area contributed by atoms with Gasteiger partial charge in [0.25, 0.3) is 0 Å². The zero-order valence-electron chi connectivity index (χ0n) is 9.12. The van der Waals surface area contributed by atoms with Crippen LogP contribution >= 0.6 is 0 Å². The molecule has 18 heavy (non-hydrogen) atoms. The van der Waals surface area contributed by atoms with Crippen molar-refractivity contribution < 1.29 is 19.1 Å². The molecule has 1 aromatic carbocycles. The van der Waals surface area contributed by atoms with E-state index in [1.807, 2.05) is 0 Å². The maximum absolute atomic E-state index is 11.9. The fourth-order valence-electron chi connectivity index (χ4n) is 1.43. The maximum atomic E-state index is 11.9. The zero-order valence-corrected chi connectivity index (χ0v) is 9.12. The SMILES string of the molecule is O=C(O)c1cc(=O)c(C(=O)c2ccccc2)co1. The van der Waals surface area contributed by atoms with Crippen molar-refractivity contribution in [2.45, 2.75) is 0 Å². The first kappa shape index (κ1) is 11.8. The fourth-order valence-corrected chi connectivity index (χ4v) is 1.43. The van der Waals surface area contributed by atoms with Gasteiger partial charge in [0.05, 0.1) is 0 Å². The highest BCUT2D eigenvalue weighted by atomic mass is 16.4. The molecule has 0 fully saturated rings. The van der Waals surface area contributed by atoms with Gasteiger partial charge < -0.3 is 9.52 Å². The van der Waals surface area contributed by atoms with Crippen LogP contribution in [0.15, 0.2) is 51.9 Å². The maximum Gasteiger partial charge on any atom is 0.371 e. The predicted molar refractivity (Wildman–Crippen MR) is 61.8 cm³/mol. The molecule has 1 aromatic heterocycles. The summed E-state index contributed by atoms with van der Waals surface area (Å²) in [4.78, 5) is 34.1. The van der Waals surface area contributed by atoms with Crippen LogP contribution in [0.25, 0.3) is 0 Å². The highest BCUT2D eigenvalue weighted by Crippen LogP contribution is 2.07. The minimum Gasteiger partial charge on any atom is -0.475 e.